The van der Waals surface area contributed by atoms with Crippen molar-refractivity contribution in [3.8, 4) is 0 Å². The summed E-state index contributed by atoms with van der Waals surface area (Å²) in [6.45, 7) is 6.43. The number of hydrogen-bond donors (Lipinski definition) is 1. The number of imidazole rings is 1. The Morgan fingerprint density at radius 2 is 2.31 bits per heavy atom. The molecule has 2 rings (SSSR count). The van der Waals surface area contributed by atoms with Crippen molar-refractivity contribution in [2.45, 2.75) is 44.0 Å². The summed E-state index contributed by atoms with van der Waals surface area (Å²) in [5, 5.41) is 3.56. The van der Waals surface area contributed by atoms with E-state index in [0.29, 0.717) is 10.8 Å². The predicted molar refractivity (Wildman–Crippen MR) is 69.8 cm³/mol. The van der Waals surface area contributed by atoms with Crippen LogP contribution in [0.3, 0.4) is 0 Å². The van der Waals surface area contributed by atoms with Crippen LogP contribution in [0.15, 0.2) is 12.5 Å². The van der Waals surface area contributed by atoms with Crippen molar-refractivity contribution in [3.63, 3.8) is 0 Å². The molecule has 0 aromatic carbocycles. The minimum Gasteiger partial charge on any atom is -0.331 e. The maximum atomic E-state index is 4.21. The second-order valence-corrected chi connectivity index (χ2v) is 6.15. The molecule has 1 heterocycles. The molecule has 1 fully saturated rings. The van der Waals surface area contributed by atoms with Crippen LogP contribution in [0.25, 0.3) is 0 Å². The zero-order valence-electron chi connectivity index (χ0n) is 10.4. The molecule has 3 nitrogen and oxygen atoms in total. The Labute approximate surface area is 102 Å². The van der Waals surface area contributed by atoms with Gasteiger partial charge in [-0.05, 0) is 32.9 Å². The fraction of sp³-hybridized carbons (Fsp3) is 0.750. The van der Waals surface area contributed by atoms with E-state index in [0.717, 1.165) is 13.1 Å². The molecule has 0 saturated heterocycles. The quantitative estimate of drug-likeness (QED) is 0.827. The Morgan fingerprint density at radius 3 is 2.88 bits per heavy atom. The number of aromatic nitrogens is 2. The predicted octanol–water partition coefficient (Wildman–Crippen LogP) is 2.45. The van der Waals surface area contributed by atoms with Crippen molar-refractivity contribution in [2.24, 2.45) is 0 Å². The van der Waals surface area contributed by atoms with Gasteiger partial charge in [-0.3, -0.25) is 0 Å². The third-order valence-electron chi connectivity index (χ3n) is 3.30. The van der Waals surface area contributed by atoms with Gasteiger partial charge in [-0.15, -0.1) is 0 Å². The first-order chi connectivity index (χ1) is 7.67. The Hall–Kier alpha value is -0.480. The zero-order valence-corrected chi connectivity index (χ0v) is 11.2. The summed E-state index contributed by atoms with van der Waals surface area (Å²) in [6, 6.07) is 0.495. The van der Waals surface area contributed by atoms with Gasteiger partial charge in [-0.25, -0.2) is 4.98 Å². The van der Waals surface area contributed by atoms with Gasteiger partial charge in [0.1, 0.15) is 0 Å². The Morgan fingerprint density at radius 1 is 1.56 bits per heavy atom. The van der Waals surface area contributed by atoms with Crippen LogP contribution in [0.2, 0.25) is 0 Å². The van der Waals surface area contributed by atoms with Crippen molar-refractivity contribution in [3.05, 3.63) is 18.2 Å². The zero-order chi connectivity index (χ0) is 11.6. The molecule has 16 heavy (non-hydrogen) atoms. The SMILES string of the molecule is CSC1(CNCc2cncn2C(C)C)CC1. The minimum absolute atomic E-state index is 0.495. The maximum absolute atomic E-state index is 4.21. The molecule has 0 aliphatic heterocycles. The van der Waals surface area contributed by atoms with Gasteiger partial charge in [0.2, 0.25) is 0 Å². The van der Waals surface area contributed by atoms with Crippen LogP contribution in [0, 0.1) is 0 Å². The normalized spacial score (nSPS) is 18.0. The lowest BCUT2D eigenvalue weighted by atomic mass is 10.3. The van der Waals surface area contributed by atoms with Gasteiger partial charge in [-0.1, -0.05) is 0 Å². The van der Waals surface area contributed by atoms with Gasteiger partial charge in [0.25, 0.3) is 0 Å². The minimum atomic E-state index is 0.495. The van der Waals surface area contributed by atoms with Crippen molar-refractivity contribution >= 4 is 11.8 Å². The molecule has 1 N–H and O–H groups in total. The largest absolute Gasteiger partial charge is 0.331 e. The second-order valence-electron chi connectivity index (χ2n) is 4.88. The Balaban J connectivity index is 1.83. The summed E-state index contributed by atoms with van der Waals surface area (Å²) in [4.78, 5) is 4.21. The molecule has 1 aliphatic carbocycles. The van der Waals surface area contributed by atoms with Crippen LogP contribution in [0.5, 0.6) is 0 Å². The van der Waals surface area contributed by atoms with Crippen LogP contribution in [-0.2, 0) is 6.54 Å². The van der Waals surface area contributed by atoms with E-state index in [9.17, 15) is 0 Å². The topological polar surface area (TPSA) is 29.9 Å². The summed E-state index contributed by atoms with van der Waals surface area (Å²) in [5.74, 6) is 0. The van der Waals surface area contributed by atoms with E-state index in [2.05, 4.69) is 35.0 Å². The summed E-state index contributed by atoms with van der Waals surface area (Å²) in [6.07, 6.45) is 8.83. The third-order valence-corrected chi connectivity index (χ3v) is 4.72. The highest BCUT2D eigenvalue weighted by Gasteiger charge is 2.41. The van der Waals surface area contributed by atoms with Crippen molar-refractivity contribution in [1.29, 1.82) is 0 Å². The molecule has 1 saturated carbocycles. The van der Waals surface area contributed by atoms with Crippen LogP contribution >= 0.6 is 11.8 Å². The van der Waals surface area contributed by atoms with Crippen molar-refractivity contribution in [1.82, 2.24) is 14.9 Å². The number of nitrogens with zero attached hydrogens (tertiary/aromatic N) is 2. The smallest absolute Gasteiger partial charge is 0.0951 e. The second kappa shape index (κ2) is 4.80. The number of nitrogens with one attached hydrogen (secondary N) is 1. The first-order valence-corrected chi connectivity index (χ1v) is 7.16. The third kappa shape index (κ3) is 2.61. The average Bonchev–Trinajstić information content (AvgIpc) is 2.88. The highest BCUT2D eigenvalue weighted by molar-refractivity contribution is 8.00. The first kappa shape index (κ1) is 12.0. The van der Waals surface area contributed by atoms with E-state index in [4.69, 9.17) is 0 Å². The lowest BCUT2D eigenvalue weighted by molar-refractivity contribution is 0.548. The maximum Gasteiger partial charge on any atom is 0.0951 e. The van der Waals surface area contributed by atoms with Crippen molar-refractivity contribution < 1.29 is 0 Å². The molecule has 0 unspecified atom stereocenters. The van der Waals surface area contributed by atoms with Crippen LogP contribution in [-0.4, -0.2) is 27.1 Å². The molecular formula is C12H21N3S. The molecule has 0 spiro atoms. The monoisotopic (exact) mass is 239 g/mol. The summed E-state index contributed by atoms with van der Waals surface area (Å²) < 4.78 is 2.77. The fourth-order valence-corrected chi connectivity index (χ4v) is 2.70. The lowest BCUT2D eigenvalue weighted by Crippen LogP contribution is -2.26. The van der Waals surface area contributed by atoms with Crippen LogP contribution in [0.1, 0.15) is 38.4 Å². The molecular weight excluding hydrogens is 218 g/mol. The molecule has 0 amide bonds. The molecule has 1 aromatic rings. The summed E-state index contributed by atoms with van der Waals surface area (Å²) in [5.41, 5.74) is 1.28. The van der Waals surface area contributed by atoms with E-state index >= 15 is 0 Å². The van der Waals surface area contributed by atoms with Crippen LogP contribution < -0.4 is 5.32 Å². The number of thioether (sulfide) groups is 1. The van der Waals surface area contributed by atoms with Crippen LogP contribution in [0.4, 0.5) is 0 Å². The number of hydrogen-bond acceptors (Lipinski definition) is 3. The highest BCUT2D eigenvalue weighted by Crippen LogP contribution is 2.46. The lowest BCUT2D eigenvalue weighted by Gasteiger charge is -2.15. The summed E-state index contributed by atoms with van der Waals surface area (Å²) >= 11 is 2.00. The van der Waals surface area contributed by atoms with E-state index in [1.54, 1.807) is 0 Å². The first-order valence-electron chi connectivity index (χ1n) is 5.93. The Bertz CT molecular complexity index is 342. The van der Waals surface area contributed by atoms with Gasteiger partial charge in [0, 0.05) is 30.1 Å². The van der Waals surface area contributed by atoms with Gasteiger partial charge in [0.15, 0.2) is 0 Å². The Kier molecular flexibility index (Phi) is 3.60. The summed E-state index contributed by atoms with van der Waals surface area (Å²) in [7, 11) is 0. The molecule has 0 atom stereocenters. The molecule has 90 valence electrons. The van der Waals surface area contributed by atoms with Crippen molar-refractivity contribution in [2.75, 3.05) is 12.8 Å². The highest BCUT2D eigenvalue weighted by atomic mass is 32.2. The fourth-order valence-electron chi connectivity index (χ4n) is 1.94. The molecule has 1 aromatic heterocycles. The standard InChI is InChI=1S/C12H21N3S/c1-10(2)15-9-14-7-11(15)6-13-8-12(16-3)4-5-12/h7,9-10,13H,4-6,8H2,1-3H3. The molecule has 0 radical (unpaired) electrons. The van der Waals surface area contributed by atoms with Gasteiger partial charge >= 0.3 is 0 Å². The van der Waals surface area contributed by atoms with Gasteiger partial charge in [-0.2, -0.15) is 11.8 Å². The van der Waals surface area contributed by atoms with Gasteiger partial charge < -0.3 is 9.88 Å². The van der Waals surface area contributed by atoms with E-state index in [-0.39, 0.29) is 0 Å². The van der Waals surface area contributed by atoms with E-state index in [1.807, 2.05) is 24.3 Å². The molecule has 4 heteroatoms. The molecule has 0 bridgehead atoms. The van der Waals surface area contributed by atoms with E-state index < -0.39 is 0 Å². The van der Waals surface area contributed by atoms with E-state index in [1.165, 1.54) is 18.5 Å². The number of rotatable bonds is 6. The molecule has 1 aliphatic rings. The van der Waals surface area contributed by atoms with Gasteiger partial charge in [0.05, 0.1) is 12.0 Å². The average molecular weight is 239 g/mol.